The highest BCUT2D eigenvalue weighted by atomic mass is 79.9. The number of rotatable bonds is 17. The van der Waals surface area contributed by atoms with Crippen molar-refractivity contribution in [1.82, 2.24) is 15.1 Å². The molecule has 2 aromatic carbocycles. The molecule has 6 rings (SSSR count). The summed E-state index contributed by atoms with van der Waals surface area (Å²) >= 11 is 3.78. The summed E-state index contributed by atoms with van der Waals surface area (Å²) in [5, 5.41) is 13.9. The van der Waals surface area contributed by atoms with Crippen LogP contribution in [0.3, 0.4) is 0 Å². The van der Waals surface area contributed by atoms with E-state index in [0.29, 0.717) is 30.5 Å². The van der Waals surface area contributed by atoms with E-state index in [1.807, 2.05) is 65.6 Å². The van der Waals surface area contributed by atoms with Crippen LogP contribution in [0.2, 0.25) is 0 Å². The number of aliphatic hydroxyl groups excluding tert-OH is 1. The third-order valence-corrected chi connectivity index (χ3v) is 12.4. The quantitative estimate of drug-likeness (QED) is 0.127. The lowest BCUT2D eigenvalue weighted by Gasteiger charge is -2.42. The molecule has 3 saturated heterocycles. The molecule has 2 N–H and O–H groups in total. The predicted molar refractivity (Wildman–Crippen MR) is 206 cm³/mol. The maximum Gasteiger partial charge on any atom is 0.313 e. The number of likely N-dealkylation sites (tertiary alicyclic amines) is 1. The molecule has 3 amide bonds. The molecular formula is C42H52BrN3O8. The first kappa shape index (κ1) is 39.8. The SMILES string of the molecule is C=CCCC(=O)N[C@@H](COC)[C@@H](OC(=O)[C@@H]1[C@H]2O[C@@]3(CC2Br)[C@H](C(=O)N(CC=C)C2CCCCC2)N([C@H](CO)c2ccccc2)C(=O)[C@@H]13)c1ccccc1. The van der Waals surface area contributed by atoms with Gasteiger partial charge in [-0.15, -0.1) is 13.2 Å². The van der Waals surface area contributed by atoms with Gasteiger partial charge < -0.3 is 34.4 Å². The van der Waals surface area contributed by atoms with Gasteiger partial charge in [0.15, 0.2) is 0 Å². The monoisotopic (exact) mass is 805 g/mol. The fraction of sp³-hybridized carbons (Fsp3) is 0.524. The molecular weight excluding hydrogens is 754 g/mol. The van der Waals surface area contributed by atoms with Crippen LogP contribution < -0.4 is 5.32 Å². The van der Waals surface area contributed by atoms with Gasteiger partial charge in [-0.25, -0.2) is 0 Å². The van der Waals surface area contributed by atoms with E-state index in [4.69, 9.17) is 14.2 Å². The lowest BCUT2D eigenvalue weighted by Crippen LogP contribution is -2.59. The van der Waals surface area contributed by atoms with E-state index in [9.17, 15) is 14.7 Å². The number of halogens is 1. The molecule has 54 heavy (non-hydrogen) atoms. The number of allylic oxidation sites excluding steroid dienone is 1. The fourth-order valence-corrected chi connectivity index (χ4v) is 10.2. The third kappa shape index (κ3) is 7.67. The molecule has 1 unspecified atom stereocenters. The van der Waals surface area contributed by atoms with E-state index in [1.54, 1.807) is 12.2 Å². The summed E-state index contributed by atoms with van der Waals surface area (Å²) in [6.07, 6.45) is 7.37. The molecule has 11 nitrogen and oxygen atoms in total. The van der Waals surface area contributed by atoms with E-state index in [1.165, 1.54) is 12.0 Å². The standard InChI is InChI=1S/C42H52BrN3O8/c1-4-6-22-33(48)44-31(26-52-3)36(28-18-12-8-13-19-28)53-41(51)34-35-39(49)46(32(25-47)27-16-10-7-11-17-27)38(42(35)24-30(43)37(34)54-42)40(50)45(23-5-2)29-20-14-9-15-21-29/h4-5,7-8,10-13,16-19,29-32,34-38,47H,1-2,6,9,14-15,20-26H2,3H3,(H,44,48)/t30?,31-,32+,34-,35+,36-,37-,38-,42+/m0/s1. The van der Waals surface area contributed by atoms with Crippen molar-refractivity contribution in [2.45, 2.75) is 98.2 Å². The highest BCUT2D eigenvalue weighted by molar-refractivity contribution is 9.09. The van der Waals surface area contributed by atoms with Crippen LogP contribution in [0.1, 0.15) is 74.6 Å². The molecule has 12 heteroatoms. The highest BCUT2D eigenvalue weighted by Gasteiger charge is 2.78. The third-order valence-electron chi connectivity index (χ3n) is 11.6. The van der Waals surface area contributed by atoms with Crippen molar-refractivity contribution in [3.8, 4) is 0 Å². The van der Waals surface area contributed by atoms with E-state index in [0.717, 1.165) is 32.1 Å². The van der Waals surface area contributed by atoms with Gasteiger partial charge in [0.1, 0.15) is 17.7 Å². The first-order valence-corrected chi connectivity index (χ1v) is 20.0. The zero-order valence-corrected chi connectivity index (χ0v) is 32.5. The minimum Gasteiger partial charge on any atom is -0.455 e. The Labute approximate surface area is 326 Å². The normalized spacial score (nSPS) is 27.8. The van der Waals surface area contributed by atoms with Crippen molar-refractivity contribution in [2.75, 3.05) is 26.9 Å². The topological polar surface area (TPSA) is 135 Å². The van der Waals surface area contributed by atoms with Crippen LogP contribution >= 0.6 is 15.9 Å². The molecule has 2 aromatic rings. The molecule has 3 aliphatic heterocycles. The Morgan fingerprint density at radius 1 is 1.06 bits per heavy atom. The Morgan fingerprint density at radius 2 is 1.72 bits per heavy atom. The van der Waals surface area contributed by atoms with E-state index < -0.39 is 66.3 Å². The maximum absolute atomic E-state index is 15.2. The number of fused-ring (bicyclic) bond motifs is 1. The second kappa shape index (κ2) is 17.7. The largest absolute Gasteiger partial charge is 0.455 e. The van der Waals surface area contributed by atoms with Crippen LogP contribution in [-0.4, -0.2) is 100 Å². The number of carbonyl (C=O) groups is 4. The minimum absolute atomic E-state index is 0.0360. The smallest absolute Gasteiger partial charge is 0.313 e. The van der Waals surface area contributed by atoms with Crippen molar-refractivity contribution >= 4 is 39.6 Å². The number of ether oxygens (including phenoxy) is 3. The number of aliphatic hydroxyl groups is 1. The molecule has 9 atom stereocenters. The zero-order chi connectivity index (χ0) is 38.4. The molecule has 0 radical (unpaired) electrons. The summed E-state index contributed by atoms with van der Waals surface area (Å²) in [4.78, 5) is 61.0. The van der Waals surface area contributed by atoms with Gasteiger partial charge >= 0.3 is 5.97 Å². The fourth-order valence-electron chi connectivity index (χ4n) is 9.21. The van der Waals surface area contributed by atoms with Gasteiger partial charge in [0.25, 0.3) is 0 Å². The number of nitrogens with one attached hydrogen (secondary N) is 1. The zero-order valence-electron chi connectivity index (χ0n) is 30.9. The van der Waals surface area contributed by atoms with Crippen molar-refractivity contribution in [1.29, 1.82) is 0 Å². The summed E-state index contributed by atoms with van der Waals surface area (Å²) in [6, 6.07) is 15.5. The lowest BCUT2D eigenvalue weighted by atomic mass is 9.70. The van der Waals surface area contributed by atoms with Crippen LogP contribution in [0, 0.1) is 11.8 Å². The second-order valence-corrected chi connectivity index (χ2v) is 16.0. The van der Waals surface area contributed by atoms with Crippen molar-refractivity contribution < 1.29 is 38.5 Å². The first-order chi connectivity index (χ1) is 26.2. The number of hydrogen-bond acceptors (Lipinski definition) is 8. The van der Waals surface area contributed by atoms with Crippen molar-refractivity contribution in [2.24, 2.45) is 11.8 Å². The molecule has 3 heterocycles. The molecule has 1 aliphatic carbocycles. The van der Waals surface area contributed by atoms with E-state index in [2.05, 4.69) is 34.4 Å². The Balaban J connectivity index is 1.40. The molecule has 2 bridgehead atoms. The van der Waals surface area contributed by atoms with E-state index in [-0.39, 0.29) is 35.7 Å². The van der Waals surface area contributed by atoms with Gasteiger partial charge in [0, 0.05) is 30.9 Å². The van der Waals surface area contributed by atoms with Crippen LogP contribution in [-0.2, 0) is 33.4 Å². The van der Waals surface area contributed by atoms with Crippen molar-refractivity contribution in [3.05, 3.63) is 97.1 Å². The van der Waals surface area contributed by atoms with Gasteiger partial charge in [-0.3, -0.25) is 19.2 Å². The van der Waals surface area contributed by atoms with Crippen LogP contribution in [0.15, 0.2) is 86.0 Å². The molecule has 4 aliphatic rings. The van der Waals surface area contributed by atoms with Gasteiger partial charge in [-0.2, -0.15) is 0 Å². The number of amides is 3. The predicted octanol–water partition coefficient (Wildman–Crippen LogP) is 5.20. The van der Waals surface area contributed by atoms with Gasteiger partial charge in [-0.1, -0.05) is 108 Å². The molecule has 4 fully saturated rings. The number of nitrogens with zero attached hydrogens (tertiary/aromatic N) is 2. The van der Waals surface area contributed by atoms with Gasteiger partial charge in [0.2, 0.25) is 17.7 Å². The summed E-state index contributed by atoms with van der Waals surface area (Å²) in [6.45, 7) is 7.56. The average Bonchev–Trinajstić information content (AvgIpc) is 3.79. The summed E-state index contributed by atoms with van der Waals surface area (Å²) in [7, 11) is 1.51. The number of hydrogen-bond donors (Lipinski definition) is 2. The number of benzene rings is 2. The molecule has 1 spiro atoms. The lowest BCUT2D eigenvalue weighted by molar-refractivity contribution is -0.163. The number of carbonyl (C=O) groups excluding carboxylic acids is 4. The van der Waals surface area contributed by atoms with Gasteiger partial charge in [0.05, 0.1) is 43.2 Å². The number of esters is 1. The van der Waals surface area contributed by atoms with Gasteiger partial charge in [-0.05, 0) is 36.8 Å². The molecule has 0 aromatic heterocycles. The van der Waals surface area contributed by atoms with Crippen LogP contribution in [0.5, 0.6) is 0 Å². The average molecular weight is 807 g/mol. The summed E-state index contributed by atoms with van der Waals surface area (Å²) in [5.74, 6) is -3.79. The van der Waals surface area contributed by atoms with E-state index >= 15 is 9.59 Å². The van der Waals surface area contributed by atoms with Crippen LogP contribution in [0.25, 0.3) is 0 Å². The number of alkyl halides is 1. The maximum atomic E-state index is 15.2. The first-order valence-electron chi connectivity index (χ1n) is 19.1. The molecule has 290 valence electrons. The van der Waals surface area contributed by atoms with Crippen molar-refractivity contribution in [3.63, 3.8) is 0 Å². The highest BCUT2D eigenvalue weighted by Crippen LogP contribution is 2.61. The Bertz CT molecular complexity index is 1660. The Hall–Kier alpha value is -3.84. The summed E-state index contributed by atoms with van der Waals surface area (Å²) < 4.78 is 18.7. The van der Waals surface area contributed by atoms with Crippen LogP contribution in [0.4, 0.5) is 0 Å². The Kier molecular flexibility index (Phi) is 13.1. The minimum atomic E-state index is -1.37. The molecule has 1 saturated carbocycles. The summed E-state index contributed by atoms with van der Waals surface area (Å²) in [5.41, 5.74) is -0.0752. The number of methoxy groups -OCH3 is 1. The Morgan fingerprint density at radius 3 is 2.33 bits per heavy atom. The second-order valence-electron chi connectivity index (χ2n) is 14.8.